The topological polar surface area (TPSA) is 63.2 Å². The van der Waals surface area contributed by atoms with Crippen molar-refractivity contribution in [3.63, 3.8) is 0 Å². The van der Waals surface area contributed by atoms with E-state index in [1.807, 2.05) is 18.2 Å². The molecule has 4 nitrogen and oxygen atoms in total. The summed E-state index contributed by atoms with van der Waals surface area (Å²) in [5.41, 5.74) is 2.08. The van der Waals surface area contributed by atoms with Gasteiger partial charge in [-0.15, -0.1) is 0 Å². The Morgan fingerprint density at radius 1 is 0.800 bits per heavy atom. The molecule has 0 unspecified atom stereocenters. The highest BCUT2D eigenvalue weighted by atomic mass is 35.5. The van der Waals surface area contributed by atoms with Gasteiger partial charge in [0.05, 0.1) is 10.6 Å². The van der Waals surface area contributed by atoms with Gasteiger partial charge in [0, 0.05) is 16.1 Å². The standard InChI is InChI=1S/C27H28ClNO3S.2CH4/c28-23-15-18-26(25(19-23)27(30)22-11-7-4-8-12-22)29-33(31,32)24-16-13-21(14-17-24)20-9-5-2-1-3-6-10-20;;/h4,7-8,11-20,29H,1-3,5-6,9-10H2;2*1H4. The molecule has 6 heteroatoms. The Balaban J connectivity index is 0.00000216. The Bertz CT molecular complexity index is 1200. The first-order valence-corrected chi connectivity index (χ1v) is 13.3. The zero-order chi connectivity index (χ0) is 23.3. The second-order valence-electron chi connectivity index (χ2n) is 8.60. The zero-order valence-corrected chi connectivity index (χ0v) is 20.0. The van der Waals surface area contributed by atoms with E-state index in [0.717, 1.165) is 12.8 Å². The van der Waals surface area contributed by atoms with Gasteiger partial charge in [-0.25, -0.2) is 8.42 Å². The summed E-state index contributed by atoms with van der Waals surface area (Å²) in [7, 11) is -3.87. The average Bonchev–Trinajstić information content (AvgIpc) is 2.80. The maximum absolute atomic E-state index is 13.1. The third kappa shape index (κ3) is 7.18. The maximum atomic E-state index is 13.1. The van der Waals surface area contributed by atoms with Crippen molar-refractivity contribution in [2.24, 2.45) is 0 Å². The highest BCUT2D eigenvalue weighted by molar-refractivity contribution is 7.92. The number of halogens is 1. The molecule has 188 valence electrons. The Labute approximate surface area is 215 Å². The van der Waals surface area contributed by atoms with Gasteiger partial charge in [0.15, 0.2) is 5.78 Å². The number of ketones is 1. The molecule has 1 fully saturated rings. The normalized spacial score (nSPS) is 14.5. The fourth-order valence-corrected chi connectivity index (χ4v) is 5.70. The largest absolute Gasteiger partial charge is 0.289 e. The fraction of sp³-hybridized carbons (Fsp3) is 0.345. The van der Waals surface area contributed by atoms with Crippen molar-refractivity contribution in [1.29, 1.82) is 0 Å². The monoisotopic (exact) mass is 513 g/mol. The molecule has 3 aromatic carbocycles. The lowest BCUT2D eigenvalue weighted by molar-refractivity contribution is 0.103. The first-order chi connectivity index (χ1) is 15.9. The van der Waals surface area contributed by atoms with Crippen LogP contribution in [0.3, 0.4) is 0 Å². The van der Waals surface area contributed by atoms with E-state index in [1.165, 1.54) is 49.8 Å². The van der Waals surface area contributed by atoms with Crippen LogP contribution in [0.4, 0.5) is 5.69 Å². The third-order valence-electron chi connectivity index (χ3n) is 6.27. The predicted octanol–water partition coefficient (Wildman–Crippen LogP) is 8.47. The Morgan fingerprint density at radius 3 is 2.03 bits per heavy atom. The predicted molar refractivity (Wildman–Crippen MR) is 147 cm³/mol. The number of hydrogen-bond acceptors (Lipinski definition) is 3. The number of rotatable bonds is 6. The van der Waals surface area contributed by atoms with Crippen molar-refractivity contribution in [2.45, 2.75) is 70.6 Å². The lowest BCUT2D eigenvalue weighted by atomic mass is 9.86. The van der Waals surface area contributed by atoms with Crippen molar-refractivity contribution >= 4 is 33.1 Å². The van der Waals surface area contributed by atoms with Crippen molar-refractivity contribution in [3.05, 3.63) is 94.5 Å². The smallest absolute Gasteiger partial charge is 0.261 e. The van der Waals surface area contributed by atoms with E-state index in [1.54, 1.807) is 42.5 Å². The molecule has 0 radical (unpaired) electrons. The molecule has 3 aromatic rings. The summed E-state index contributed by atoms with van der Waals surface area (Å²) < 4.78 is 28.9. The van der Waals surface area contributed by atoms with E-state index < -0.39 is 10.0 Å². The molecule has 1 aliphatic rings. The van der Waals surface area contributed by atoms with E-state index in [-0.39, 0.29) is 36.8 Å². The number of carbonyl (C=O) groups is 1. The molecule has 0 amide bonds. The van der Waals surface area contributed by atoms with Crippen LogP contribution in [0.5, 0.6) is 0 Å². The minimum absolute atomic E-state index is 0. The molecule has 4 rings (SSSR count). The van der Waals surface area contributed by atoms with E-state index in [2.05, 4.69) is 4.72 Å². The van der Waals surface area contributed by atoms with Crippen molar-refractivity contribution in [1.82, 2.24) is 0 Å². The molecular formula is C29H36ClNO3S. The molecule has 1 aliphatic carbocycles. The van der Waals surface area contributed by atoms with Gasteiger partial charge in [0.2, 0.25) is 0 Å². The van der Waals surface area contributed by atoms with Gasteiger partial charge < -0.3 is 0 Å². The number of anilines is 1. The number of carbonyl (C=O) groups excluding carboxylic acids is 1. The maximum Gasteiger partial charge on any atom is 0.261 e. The molecular weight excluding hydrogens is 478 g/mol. The van der Waals surface area contributed by atoms with Gasteiger partial charge in [0.25, 0.3) is 10.0 Å². The first-order valence-electron chi connectivity index (χ1n) is 11.5. The second-order valence-corrected chi connectivity index (χ2v) is 10.7. The highest BCUT2D eigenvalue weighted by Gasteiger charge is 2.21. The lowest BCUT2D eigenvalue weighted by Gasteiger charge is -2.20. The molecule has 0 atom stereocenters. The van der Waals surface area contributed by atoms with Gasteiger partial charge in [-0.3, -0.25) is 9.52 Å². The average molecular weight is 514 g/mol. The molecule has 1 N–H and O–H groups in total. The lowest BCUT2D eigenvalue weighted by Crippen LogP contribution is -2.16. The minimum Gasteiger partial charge on any atom is -0.289 e. The van der Waals surface area contributed by atoms with Crippen LogP contribution in [0.25, 0.3) is 0 Å². The fourth-order valence-electron chi connectivity index (χ4n) is 4.45. The van der Waals surface area contributed by atoms with Crippen LogP contribution in [0.1, 0.15) is 87.2 Å². The molecule has 1 saturated carbocycles. The minimum atomic E-state index is -3.87. The summed E-state index contributed by atoms with van der Waals surface area (Å²) in [6.07, 6.45) is 8.62. The van der Waals surface area contributed by atoms with Crippen molar-refractivity contribution in [2.75, 3.05) is 4.72 Å². The number of hydrogen-bond donors (Lipinski definition) is 1. The summed E-state index contributed by atoms with van der Waals surface area (Å²) in [4.78, 5) is 13.2. The van der Waals surface area contributed by atoms with E-state index in [0.29, 0.717) is 16.5 Å². The van der Waals surface area contributed by atoms with Crippen LogP contribution in [-0.2, 0) is 10.0 Å². The molecule has 0 aliphatic heterocycles. The van der Waals surface area contributed by atoms with E-state index >= 15 is 0 Å². The zero-order valence-electron chi connectivity index (χ0n) is 18.5. The van der Waals surface area contributed by atoms with Gasteiger partial charge in [0.1, 0.15) is 0 Å². The number of nitrogens with one attached hydrogen (secondary N) is 1. The summed E-state index contributed by atoms with van der Waals surface area (Å²) in [5.74, 6) is 0.191. The van der Waals surface area contributed by atoms with Gasteiger partial charge in [-0.05, 0) is 54.7 Å². The molecule has 0 saturated heterocycles. The summed E-state index contributed by atoms with van der Waals surface area (Å²) in [6, 6.07) is 20.5. The molecule has 0 heterocycles. The summed E-state index contributed by atoms with van der Waals surface area (Å²) in [6.45, 7) is 0. The second kappa shape index (κ2) is 12.9. The third-order valence-corrected chi connectivity index (χ3v) is 7.89. The van der Waals surface area contributed by atoms with Gasteiger partial charge >= 0.3 is 0 Å². The van der Waals surface area contributed by atoms with Crippen LogP contribution >= 0.6 is 11.6 Å². The number of benzene rings is 3. The van der Waals surface area contributed by atoms with Crippen LogP contribution in [-0.4, -0.2) is 14.2 Å². The van der Waals surface area contributed by atoms with Crippen LogP contribution in [0.15, 0.2) is 77.7 Å². The quantitative estimate of drug-likeness (QED) is 0.336. The van der Waals surface area contributed by atoms with Crippen LogP contribution in [0, 0.1) is 0 Å². The molecule has 0 spiro atoms. The van der Waals surface area contributed by atoms with Crippen LogP contribution in [0.2, 0.25) is 5.02 Å². The van der Waals surface area contributed by atoms with Crippen molar-refractivity contribution in [3.8, 4) is 0 Å². The Kier molecular flexibility index (Phi) is 10.5. The van der Waals surface area contributed by atoms with Crippen molar-refractivity contribution < 1.29 is 13.2 Å². The Morgan fingerprint density at radius 2 is 1.40 bits per heavy atom. The number of sulfonamides is 1. The van der Waals surface area contributed by atoms with Gasteiger partial charge in [-0.1, -0.05) is 101 Å². The molecule has 0 aromatic heterocycles. The Hall–Kier alpha value is -2.63. The van der Waals surface area contributed by atoms with E-state index in [4.69, 9.17) is 11.6 Å². The summed E-state index contributed by atoms with van der Waals surface area (Å²) in [5, 5.41) is 0.362. The molecule has 0 bridgehead atoms. The van der Waals surface area contributed by atoms with Crippen LogP contribution < -0.4 is 4.72 Å². The highest BCUT2D eigenvalue weighted by Crippen LogP contribution is 2.32. The summed E-state index contributed by atoms with van der Waals surface area (Å²) >= 11 is 6.12. The molecule has 35 heavy (non-hydrogen) atoms. The SMILES string of the molecule is C.C.O=C(c1ccccc1)c1cc(Cl)ccc1NS(=O)(=O)c1ccc(C2CCCCCCC2)cc1. The van der Waals surface area contributed by atoms with Gasteiger partial charge in [-0.2, -0.15) is 0 Å². The van der Waals surface area contributed by atoms with E-state index in [9.17, 15) is 13.2 Å². The first kappa shape index (κ1) is 28.6.